The van der Waals surface area contributed by atoms with Crippen LogP contribution in [0.5, 0.6) is 0 Å². The number of aliphatic hydroxyl groups is 1. The lowest BCUT2D eigenvalue weighted by atomic mass is 10.3. The van der Waals surface area contributed by atoms with Crippen LogP contribution in [0, 0.1) is 0 Å². The van der Waals surface area contributed by atoms with E-state index in [1.165, 1.54) is 0 Å². The van der Waals surface area contributed by atoms with Crippen molar-refractivity contribution in [2.75, 3.05) is 46.4 Å². The summed E-state index contributed by atoms with van der Waals surface area (Å²) in [4.78, 5) is 0. The third-order valence-electron chi connectivity index (χ3n) is 2.27. The zero-order valence-electron chi connectivity index (χ0n) is 11.7. The molecule has 1 atom stereocenters. The molecule has 18 heavy (non-hydrogen) atoms. The molecular weight excluding hydrogens is 236 g/mol. The third-order valence-corrected chi connectivity index (χ3v) is 2.27. The topological polar surface area (TPSA) is 57.2 Å². The molecule has 1 unspecified atom stereocenters. The van der Waals surface area contributed by atoms with Gasteiger partial charge in [0.15, 0.2) is 0 Å². The average molecular weight is 264 g/mol. The Morgan fingerprint density at radius 2 is 1.50 bits per heavy atom. The van der Waals surface area contributed by atoms with E-state index in [1.807, 2.05) is 0 Å². The molecular formula is C13H28O5. The summed E-state index contributed by atoms with van der Waals surface area (Å²) in [6.07, 6.45) is 3.18. The first-order valence-corrected chi connectivity index (χ1v) is 6.80. The van der Waals surface area contributed by atoms with Crippen molar-refractivity contribution in [3.05, 3.63) is 0 Å². The molecule has 110 valence electrons. The molecule has 0 aliphatic rings. The Labute approximate surface area is 110 Å². The molecule has 0 aliphatic carbocycles. The standard InChI is InChI=1S/C13H28O5/c1-3-5-7-15-10-13(18-6-4-2)11-16-8-9-17-12-14/h13-14H,3-12H2,1-2H3. The van der Waals surface area contributed by atoms with Gasteiger partial charge in [0.05, 0.1) is 26.4 Å². The lowest BCUT2D eigenvalue weighted by molar-refractivity contribution is -0.0766. The van der Waals surface area contributed by atoms with Crippen molar-refractivity contribution in [2.24, 2.45) is 0 Å². The average Bonchev–Trinajstić information content (AvgIpc) is 2.39. The number of unbranched alkanes of at least 4 members (excludes halogenated alkanes) is 1. The monoisotopic (exact) mass is 264 g/mol. The van der Waals surface area contributed by atoms with E-state index in [2.05, 4.69) is 13.8 Å². The highest BCUT2D eigenvalue weighted by Gasteiger charge is 2.09. The van der Waals surface area contributed by atoms with Crippen LogP contribution < -0.4 is 0 Å². The van der Waals surface area contributed by atoms with E-state index in [-0.39, 0.29) is 12.9 Å². The number of rotatable bonds is 14. The summed E-state index contributed by atoms with van der Waals surface area (Å²) in [5.41, 5.74) is 0. The summed E-state index contributed by atoms with van der Waals surface area (Å²) >= 11 is 0. The van der Waals surface area contributed by atoms with Crippen LogP contribution in [-0.4, -0.2) is 57.6 Å². The van der Waals surface area contributed by atoms with E-state index in [9.17, 15) is 0 Å². The fourth-order valence-corrected chi connectivity index (χ4v) is 1.29. The molecule has 0 aromatic heterocycles. The van der Waals surface area contributed by atoms with Crippen LogP contribution in [0.1, 0.15) is 33.1 Å². The molecule has 0 fully saturated rings. The molecule has 5 nitrogen and oxygen atoms in total. The first kappa shape index (κ1) is 17.8. The molecule has 0 rings (SSSR count). The van der Waals surface area contributed by atoms with Crippen LogP contribution in [0.4, 0.5) is 0 Å². The maximum absolute atomic E-state index is 8.44. The van der Waals surface area contributed by atoms with Crippen LogP contribution in [0.3, 0.4) is 0 Å². The highest BCUT2D eigenvalue weighted by atomic mass is 16.6. The SMILES string of the molecule is CCCCOCC(COCCOCO)OCCC. The molecule has 0 aromatic rings. The van der Waals surface area contributed by atoms with Gasteiger partial charge in [-0.15, -0.1) is 0 Å². The number of hydrogen-bond acceptors (Lipinski definition) is 5. The van der Waals surface area contributed by atoms with Gasteiger partial charge in [-0.25, -0.2) is 0 Å². The summed E-state index contributed by atoms with van der Waals surface area (Å²) in [5, 5.41) is 8.44. The van der Waals surface area contributed by atoms with E-state index >= 15 is 0 Å². The minimum Gasteiger partial charge on any atom is -0.379 e. The van der Waals surface area contributed by atoms with Gasteiger partial charge in [-0.3, -0.25) is 0 Å². The Morgan fingerprint density at radius 3 is 2.11 bits per heavy atom. The minimum absolute atomic E-state index is 0.0177. The van der Waals surface area contributed by atoms with E-state index in [0.717, 1.165) is 32.5 Å². The Bertz CT molecular complexity index is 154. The first-order valence-electron chi connectivity index (χ1n) is 6.80. The van der Waals surface area contributed by atoms with Gasteiger partial charge < -0.3 is 24.1 Å². The highest BCUT2D eigenvalue weighted by molar-refractivity contribution is 4.55. The highest BCUT2D eigenvalue weighted by Crippen LogP contribution is 1.98. The Hall–Kier alpha value is -0.200. The molecule has 1 N–H and O–H groups in total. The molecule has 0 bridgehead atoms. The lowest BCUT2D eigenvalue weighted by Crippen LogP contribution is -2.27. The molecule has 0 aromatic carbocycles. The second-order valence-corrected chi connectivity index (χ2v) is 4.03. The fourth-order valence-electron chi connectivity index (χ4n) is 1.29. The van der Waals surface area contributed by atoms with Crippen molar-refractivity contribution in [3.63, 3.8) is 0 Å². The number of aliphatic hydroxyl groups excluding tert-OH is 1. The Kier molecular flexibility index (Phi) is 14.7. The van der Waals surface area contributed by atoms with Gasteiger partial charge in [0.2, 0.25) is 0 Å². The maximum Gasteiger partial charge on any atom is 0.143 e. The summed E-state index contributed by atoms with van der Waals surface area (Å²) in [6.45, 7) is 7.37. The second-order valence-electron chi connectivity index (χ2n) is 4.03. The quantitative estimate of drug-likeness (QED) is 0.381. The van der Waals surface area contributed by atoms with Crippen LogP contribution in [0.15, 0.2) is 0 Å². The molecule has 0 heterocycles. The fraction of sp³-hybridized carbons (Fsp3) is 1.00. The largest absolute Gasteiger partial charge is 0.379 e. The van der Waals surface area contributed by atoms with Crippen molar-refractivity contribution >= 4 is 0 Å². The van der Waals surface area contributed by atoms with E-state index in [1.54, 1.807) is 0 Å². The van der Waals surface area contributed by atoms with Crippen molar-refractivity contribution < 1.29 is 24.1 Å². The molecule has 0 radical (unpaired) electrons. The number of ether oxygens (including phenoxy) is 4. The van der Waals surface area contributed by atoms with Crippen LogP contribution in [0.2, 0.25) is 0 Å². The predicted molar refractivity (Wildman–Crippen MR) is 69.6 cm³/mol. The van der Waals surface area contributed by atoms with Crippen LogP contribution in [0.25, 0.3) is 0 Å². The van der Waals surface area contributed by atoms with Crippen molar-refractivity contribution in [1.29, 1.82) is 0 Å². The van der Waals surface area contributed by atoms with Gasteiger partial charge in [0.25, 0.3) is 0 Å². The van der Waals surface area contributed by atoms with Gasteiger partial charge in [0.1, 0.15) is 12.9 Å². The molecule has 0 aliphatic heterocycles. The smallest absolute Gasteiger partial charge is 0.143 e. The molecule has 5 heteroatoms. The molecule has 0 amide bonds. The summed E-state index contributed by atoms with van der Waals surface area (Å²) < 4.78 is 21.4. The van der Waals surface area contributed by atoms with Gasteiger partial charge in [-0.2, -0.15) is 0 Å². The van der Waals surface area contributed by atoms with Crippen LogP contribution >= 0.6 is 0 Å². The predicted octanol–water partition coefficient (Wildman–Crippen LogP) is 1.58. The van der Waals surface area contributed by atoms with E-state index < -0.39 is 0 Å². The van der Waals surface area contributed by atoms with E-state index in [4.69, 9.17) is 24.1 Å². The van der Waals surface area contributed by atoms with Gasteiger partial charge in [0, 0.05) is 13.2 Å². The first-order chi connectivity index (χ1) is 8.85. The number of hydrogen-bond donors (Lipinski definition) is 1. The maximum atomic E-state index is 8.44. The van der Waals surface area contributed by atoms with E-state index in [0.29, 0.717) is 26.4 Å². The van der Waals surface area contributed by atoms with Crippen LogP contribution in [-0.2, 0) is 18.9 Å². The molecule has 0 saturated carbocycles. The lowest BCUT2D eigenvalue weighted by Gasteiger charge is -2.18. The zero-order valence-corrected chi connectivity index (χ0v) is 11.7. The van der Waals surface area contributed by atoms with Gasteiger partial charge >= 0.3 is 0 Å². The summed E-state index contributed by atoms with van der Waals surface area (Å²) in [5.74, 6) is 0. The molecule has 0 saturated heterocycles. The van der Waals surface area contributed by atoms with Crippen molar-refractivity contribution in [3.8, 4) is 0 Å². The second kappa shape index (κ2) is 14.9. The van der Waals surface area contributed by atoms with Gasteiger partial charge in [-0.05, 0) is 12.8 Å². The van der Waals surface area contributed by atoms with Crippen molar-refractivity contribution in [2.45, 2.75) is 39.2 Å². The zero-order chi connectivity index (χ0) is 13.5. The summed E-state index contributed by atoms with van der Waals surface area (Å²) in [7, 11) is 0. The minimum atomic E-state index is -0.265. The third kappa shape index (κ3) is 12.3. The Balaban J connectivity index is 3.56. The normalized spacial score (nSPS) is 12.8. The molecule has 0 spiro atoms. The van der Waals surface area contributed by atoms with Gasteiger partial charge in [-0.1, -0.05) is 20.3 Å². The Morgan fingerprint density at radius 1 is 0.833 bits per heavy atom. The van der Waals surface area contributed by atoms with Crippen molar-refractivity contribution in [1.82, 2.24) is 0 Å². The summed E-state index contributed by atoms with van der Waals surface area (Å²) in [6, 6.07) is 0.